The van der Waals surface area contributed by atoms with Gasteiger partial charge in [0.25, 0.3) is 0 Å². The molecule has 0 unspecified atom stereocenters. The lowest BCUT2D eigenvalue weighted by molar-refractivity contribution is 0.0600. The number of benzene rings is 3. The van der Waals surface area contributed by atoms with Crippen molar-refractivity contribution in [2.75, 3.05) is 12.4 Å². The van der Waals surface area contributed by atoms with Crippen molar-refractivity contribution in [1.29, 1.82) is 0 Å². The van der Waals surface area contributed by atoms with Crippen LogP contribution < -0.4 is 10.1 Å². The number of methoxy groups -OCH3 is 1. The number of nitrogens with zero attached hydrogens (tertiary/aromatic N) is 3. The van der Waals surface area contributed by atoms with E-state index >= 15 is 0 Å². The Hall–Kier alpha value is -3.81. The molecule has 7 nitrogen and oxygen atoms in total. The molecular formula is C26H18Cl2N4O3. The number of carbonyl (C=O) groups excluding carboxylic acids is 1. The Morgan fingerprint density at radius 2 is 1.89 bits per heavy atom. The van der Waals surface area contributed by atoms with Crippen LogP contribution in [0, 0.1) is 0 Å². The van der Waals surface area contributed by atoms with Crippen molar-refractivity contribution in [3.05, 3.63) is 111 Å². The van der Waals surface area contributed by atoms with Gasteiger partial charge in [0.2, 0.25) is 5.95 Å². The Morgan fingerprint density at radius 3 is 2.66 bits per heavy atom. The van der Waals surface area contributed by atoms with Crippen LogP contribution in [0.5, 0.6) is 5.75 Å². The maximum atomic E-state index is 12.0. The van der Waals surface area contributed by atoms with E-state index in [0.29, 0.717) is 21.6 Å². The van der Waals surface area contributed by atoms with Crippen molar-refractivity contribution < 1.29 is 14.3 Å². The fourth-order valence-electron chi connectivity index (χ4n) is 4.63. The van der Waals surface area contributed by atoms with Gasteiger partial charge in [-0.15, -0.1) is 0 Å². The molecule has 3 heterocycles. The molecule has 2 aliphatic heterocycles. The molecule has 0 fully saturated rings. The normalized spacial score (nSPS) is 18.0. The first kappa shape index (κ1) is 21.7. The molecule has 0 radical (unpaired) electrons. The highest BCUT2D eigenvalue weighted by Crippen LogP contribution is 2.51. The number of esters is 1. The fourth-order valence-corrected chi connectivity index (χ4v) is 5.14. The number of anilines is 1. The lowest BCUT2D eigenvalue weighted by Crippen LogP contribution is -2.32. The van der Waals surface area contributed by atoms with Gasteiger partial charge in [-0.3, -0.25) is 0 Å². The van der Waals surface area contributed by atoms with Gasteiger partial charge in [-0.05, 0) is 47.5 Å². The second-order valence-electron chi connectivity index (χ2n) is 8.16. The lowest BCUT2D eigenvalue weighted by atomic mass is 9.84. The minimum atomic E-state index is -0.492. The summed E-state index contributed by atoms with van der Waals surface area (Å²) in [5.41, 5.74) is 4.84. The third-order valence-electron chi connectivity index (χ3n) is 6.21. The average molecular weight is 505 g/mol. The molecule has 0 spiro atoms. The van der Waals surface area contributed by atoms with Gasteiger partial charge in [0.05, 0.1) is 18.4 Å². The summed E-state index contributed by atoms with van der Waals surface area (Å²) < 4.78 is 13.2. The SMILES string of the molecule is COC(=O)c1ccc([C@@H]2Oc3ccccc3C3=C2[C@@H](c2ccc(Cl)cc2Cl)n2ncnc2N3)cc1. The molecule has 0 bridgehead atoms. The summed E-state index contributed by atoms with van der Waals surface area (Å²) in [6.45, 7) is 0. The quantitative estimate of drug-likeness (QED) is 0.348. The molecule has 3 aromatic carbocycles. The first-order chi connectivity index (χ1) is 17.0. The van der Waals surface area contributed by atoms with E-state index in [1.807, 2.05) is 42.5 Å². The van der Waals surface area contributed by atoms with Crippen molar-refractivity contribution in [3.8, 4) is 5.75 Å². The third kappa shape index (κ3) is 3.55. The summed E-state index contributed by atoms with van der Waals surface area (Å²) in [5, 5.41) is 9.01. The van der Waals surface area contributed by atoms with Crippen LogP contribution in [-0.4, -0.2) is 27.8 Å². The van der Waals surface area contributed by atoms with Gasteiger partial charge in [0, 0.05) is 21.2 Å². The first-order valence-corrected chi connectivity index (χ1v) is 11.6. The van der Waals surface area contributed by atoms with Crippen molar-refractivity contribution in [1.82, 2.24) is 14.8 Å². The highest BCUT2D eigenvalue weighted by atomic mass is 35.5. The number of ether oxygens (including phenoxy) is 2. The van der Waals surface area contributed by atoms with E-state index in [9.17, 15) is 4.79 Å². The number of fused-ring (bicyclic) bond motifs is 3. The predicted octanol–water partition coefficient (Wildman–Crippen LogP) is 5.93. The van der Waals surface area contributed by atoms with Crippen LogP contribution in [0.3, 0.4) is 0 Å². The molecule has 0 saturated heterocycles. The zero-order chi connectivity index (χ0) is 24.1. The van der Waals surface area contributed by atoms with E-state index < -0.39 is 18.1 Å². The number of hydrogen-bond donors (Lipinski definition) is 1. The fraction of sp³-hybridized carbons (Fsp3) is 0.115. The highest BCUT2D eigenvalue weighted by molar-refractivity contribution is 6.35. The second kappa shape index (κ2) is 8.45. The van der Waals surface area contributed by atoms with Gasteiger partial charge in [-0.25, -0.2) is 9.48 Å². The van der Waals surface area contributed by atoms with Gasteiger partial charge in [-0.1, -0.05) is 53.5 Å². The first-order valence-electron chi connectivity index (χ1n) is 10.8. The van der Waals surface area contributed by atoms with Gasteiger partial charge in [0.1, 0.15) is 24.2 Å². The van der Waals surface area contributed by atoms with Crippen molar-refractivity contribution in [2.45, 2.75) is 12.1 Å². The Bertz CT molecular complexity index is 1500. The maximum absolute atomic E-state index is 12.0. The Balaban J connectivity index is 1.58. The van der Waals surface area contributed by atoms with E-state index in [4.69, 9.17) is 32.7 Å². The number of hydrogen-bond acceptors (Lipinski definition) is 6. The smallest absolute Gasteiger partial charge is 0.337 e. The van der Waals surface area contributed by atoms with E-state index in [2.05, 4.69) is 15.4 Å². The van der Waals surface area contributed by atoms with Crippen molar-refractivity contribution in [3.63, 3.8) is 0 Å². The monoisotopic (exact) mass is 504 g/mol. The Labute approximate surface area is 210 Å². The van der Waals surface area contributed by atoms with Gasteiger partial charge in [0.15, 0.2) is 0 Å². The van der Waals surface area contributed by atoms with Crippen LogP contribution in [0.25, 0.3) is 5.70 Å². The molecule has 174 valence electrons. The molecule has 1 aromatic heterocycles. The summed E-state index contributed by atoms with van der Waals surface area (Å²) in [7, 11) is 1.36. The molecule has 2 atom stereocenters. The molecular weight excluding hydrogens is 487 g/mol. The van der Waals surface area contributed by atoms with Crippen LogP contribution in [0.15, 0.2) is 78.6 Å². The van der Waals surface area contributed by atoms with Gasteiger partial charge in [-0.2, -0.15) is 10.1 Å². The Kier molecular flexibility index (Phi) is 5.24. The molecule has 0 amide bonds. The predicted molar refractivity (Wildman–Crippen MR) is 133 cm³/mol. The molecule has 35 heavy (non-hydrogen) atoms. The Morgan fingerprint density at radius 1 is 1.09 bits per heavy atom. The maximum Gasteiger partial charge on any atom is 0.337 e. The van der Waals surface area contributed by atoms with Crippen LogP contribution in [0.4, 0.5) is 5.95 Å². The molecule has 4 aromatic rings. The van der Waals surface area contributed by atoms with E-state index in [0.717, 1.165) is 33.7 Å². The molecule has 1 N–H and O–H groups in total. The summed E-state index contributed by atoms with van der Waals surface area (Å²) in [5.74, 6) is 0.926. The summed E-state index contributed by atoms with van der Waals surface area (Å²) in [6, 6.07) is 20.0. The highest BCUT2D eigenvalue weighted by Gasteiger charge is 2.41. The lowest BCUT2D eigenvalue weighted by Gasteiger charge is -2.39. The molecule has 0 saturated carbocycles. The number of para-hydroxylation sites is 1. The summed E-state index contributed by atoms with van der Waals surface area (Å²) >= 11 is 12.9. The standard InChI is InChI=1S/C26H18Cl2N4O3/c1-34-25(33)15-8-6-14(7-9-15)24-21-22(18-4-2-3-5-20(18)35-24)31-26-29-13-30-32(26)23(21)17-11-10-16(27)12-19(17)28/h2-13,23-24H,1H3,(H,29,30,31)/t23-,24+/m1/s1. The number of nitrogens with one attached hydrogen (secondary N) is 1. The minimum Gasteiger partial charge on any atom is -0.480 e. The number of halogens is 2. The van der Waals surface area contributed by atoms with Crippen LogP contribution in [0.2, 0.25) is 10.0 Å². The van der Waals surface area contributed by atoms with Crippen molar-refractivity contribution >= 4 is 40.8 Å². The second-order valence-corrected chi connectivity index (χ2v) is 9.00. The zero-order valence-corrected chi connectivity index (χ0v) is 19.9. The van der Waals surface area contributed by atoms with Crippen LogP contribution in [-0.2, 0) is 4.74 Å². The minimum absolute atomic E-state index is 0.399. The van der Waals surface area contributed by atoms with Crippen LogP contribution >= 0.6 is 23.2 Å². The average Bonchev–Trinajstić information content (AvgIpc) is 3.35. The summed E-state index contributed by atoms with van der Waals surface area (Å²) in [6.07, 6.45) is 1.01. The number of aromatic nitrogens is 3. The number of carbonyl (C=O) groups is 1. The molecule has 2 aliphatic rings. The molecule has 0 aliphatic carbocycles. The largest absolute Gasteiger partial charge is 0.480 e. The van der Waals surface area contributed by atoms with E-state index in [1.165, 1.54) is 13.4 Å². The van der Waals surface area contributed by atoms with E-state index in [1.54, 1.807) is 28.9 Å². The van der Waals surface area contributed by atoms with Gasteiger partial charge < -0.3 is 14.8 Å². The zero-order valence-electron chi connectivity index (χ0n) is 18.4. The van der Waals surface area contributed by atoms with Gasteiger partial charge >= 0.3 is 5.97 Å². The summed E-state index contributed by atoms with van der Waals surface area (Å²) in [4.78, 5) is 16.4. The number of rotatable bonds is 3. The molecule has 6 rings (SSSR count). The van der Waals surface area contributed by atoms with Crippen LogP contribution in [0.1, 0.15) is 39.2 Å². The van der Waals surface area contributed by atoms with Crippen molar-refractivity contribution in [2.24, 2.45) is 0 Å². The molecule has 9 heteroatoms. The third-order valence-corrected chi connectivity index (χ3v) is 6.78. The van der Waals surface area contributed by atoms with E-state index in [-0.39, 0.29) is 0 Å². The topological polar surface area (TPSA) is 78.3 Å².